The van der Waals surface area contributed by atoms with Crippen LogP contribution in [0, 0.1) is 11.3 Å². The summed E-state index contributed by atoms with van der Waals surface area (Å²) in [5.41, 5.74) is 2.60. The van der Waals surface area contributed by atoms with Gasteiger partial charge >= 0.3 is 0 Å². The van der Waals surface area contributed by atoms with Gasteiger partial charge < -0.3 is 10.1 Å². The lowest BCUT2D eigenvalue weighted by Gasteiger charge is -2.15. The van der Waals surface area contributed by atoms with Crippen molar-refractivity contribution < 1.29 is 9.53 Å². The Kier molecular flexibility index (Phi) is 8.05. The first-order chi connectivity index (χ1) is 15.0. The summed E-state index contributed by atoms with van der Waals surface area (Å²) in [6, 6.07) is 24.9. The van der Waals surface area contributed by atoms with E-state index in [1.54, 1.807) is 6.08 Å². The van der Waals surface area contributed by atoms with Crippen LogP contribution in [0.3, 0.4) is 0 Å². The van der Waals surface area contributed by atoms with Gasteiger partial charge in [0.05, 0.1) is 10.5 Å². The molecule has 3 aromatic carbocycles. The predicted octanol–water partition coefficient (Wildman–Crippen LogP) is 6.57. The van der Waals surface area contributed by atoms with Crippen molar-refractivity contribution in [3.05, 3.63) is 104 Å². The summed E-state index contributed by atoms with van der Waals surface area (Å²) in [5, 5.41) is 12.5. The molecule has 0 heterocycles. The van der Waals surface area contributed by atoms with Gasteiger partial charge in [-0.05, 0) is 52.2 Å². The Morgan fingerprint density at radius 1 is 1.10 bits per heavy atom. The van der Waals surface area contributed by atoms with Crippen molar-refractivity contribution in [2.24, 2.45) is 0 Å². The zero-order valence-electron chi connectivity index (χ0n) is 16.8. The zero-order chi connectivity index (χ0) is 22.2. The summed E-state index contributed by atoms with van der Waals surface area (Å²) in [6.07, 6.45) is 1.54. The van der Waals surface area contributed by atoms with Gasteiger partial charge in [-0.15, -0.1) is 0 Å². The van der Waals surface area contributed by atoms with Gasteiger partial charge in [0.25, 0.3) is 5.91 Å². The van der Waals surface area contributed by atoms with Crippen molar-refractivity contribution in [2.75, 3.05) is 0 Å². The number of halogens is 2. The molecule has 0 aromatic heterocycles. The Labute approximate surface area is 198 Å². The van der Waals surface area contributed by atoms with Crippen molar-refractivity contribution >= 4 is 43.8 Å². The highest BCUT2D eigenvalue weighted by Crippen LogP contribution is 2.35. The van der Waals surface area contributed by atoms with E-state index in [1.807, 2.05) is 85.8 Å². The van der Waals surface area contributed by atoms with Crippen molar-refractivity contribution in [3.63, 3.8) is 0 Å². The Hall–Kier alpha value is -2.88. The summed E-state index contributed by atoms with van der Waals surface area (Å²) >= 11 is 6.99. The third-order valence-electron chi connectivity index (χ3n) is 4.58. The first-order valence-electron chi connectivity index (χ1n) is 9.61. The lowest BCUT2D eigenvalue weighted by molar-refractivity contribution is -0.117. The molecule has 0 saturated carbocycles. The molecule has 1 amide bonds. The Balaban J connectivity index is 1.85. The van der Waals surface area contributed by atoms with Gasteiger partial charge in [0.15, 0.2) is 0 Å². The highest BCUT2D eigenvalue weighted by atomic mass is 79.9. The van der Waals surface area contributed by atoms with Gasteiger partial charge in [0.1, 0.15) is 24.0 Å². The van der Waals surface area contributed by atoms with E-state index in [-0.39, 0.29) is 11.6 Å². The second kappa shape index (κ2) is 10.9. The van der Waals surface area contributed by atoms with E-state index in [0.29, 0.717) is 17.9 Å². The standard InChI is InChI=1S/C25H20Br2N2O2/c1-17(19-10-6-3-7-11-19)29-25(30)21(15-28)12-20-13-22(26)14-23(27)24(20)31-16-18-8-4-2-5-9-18/h2-14,17H,16H2,1H3,(H,29,30)/b21-12+/t17-/m1/s1. The molecule has 6 heteroatoms. The van der Waals surface area contributed by atoms with Crippen LogP contribution >= 0.6 is 31.9 Å². The van der Waals surface area contributed by atoms with Gasteiger partial charge in [-0.2, -0.15) is 5.26 Å². The Morgan fingerprint density at radius 3 is 2.39 bits per heavy atom. The minimum atomic E-state index is -0.441. The smallest absolute Gasteiger partial charge is 0.262 e. The van der Waals surface area contributed by atoms with Crippen LogP contribution < -0.4 is 10.1 Å². The minimum absolute atomic E-state index is 0.00246. The number of rotatable bonds is 7. The molecule has 1 N–H and O–H groups in total. The topological polar surface area (TPSA) is 62.1 Å². The van der Waals surface area contributed by atoms with E-state index in [4.69, 9.17) is 4.74 Å². The highest BCUT2D eigenvalue weighted by molar-refractivity contribution is 9.11. The summed E-state index contributed by atoms with van der Waals surface area (Å²) in [6.45, 7) is 2.24. The van der Waals surface area contributed by atoms with E-state index >= 15 is 0 Å². The summed E-state index contributed by atoms with van der Waals surface area (Å²) < 4.78 is 7.55. The molecule has 156 valence electrons. The van der Waals surface area contributed by atoms with E-state index < -0.39 is 5.91 Å². The van der Waals surface area contributed by atoms with Crippen molar-refractivity contribution in [3.8, 4) is 11.8 Å². The molecule has 4 nitrogen and oxygen atoms in total. The van der Waals surface area contributed by atoms with Crippen LogP contribution in [-0.2, 0) is 11.4 Å². The van der Waals surface area contributed by atoms with E-state index in [0.717, 1.165) is 20.1 Å². The summed E-state index contributed by atoms with van der Waals surface area (Å²) in [7, 11) is 0. The molecule has 31 heavy (non-hydrogen) atoms. The maximum Gasteiger partial charge on any atom is 0.262 e. The lowest BCUT2D eigenvalue weighted by Crippen LogP contribution is -2.27. The third kappa shape index (κ3) is 6.30. The van der Waals surface area contributed by atoms with E-state index in [2.05, 4.69) is 37.2 Å². The number of amides is 1. The molecule has 3 aromatic rings. The van der Waals surface area contributed by atoms with Gasteiger partial charge in [-0.3, -0.25) is 4.79 Å². The maximum absolute atomic E-state index is 12.8. The Morgan fingerprint density at radius 2 is 1.74 bits per heavy atom. The normalized spacial score (nSPS) is 12.0. The van der Waals surface area contributed by atoms with Crippen LogP contribution in [0.25, 0.3) is 6.08 Å². The van der Waals surface area contributed by atoms with E-state index in [1.165, 1.54) is 0 Å². The fraction of sp³-hybridized carbons (Fsp3) is 0.120. The summed E-state index contributed by atoms with van der Waals surface area (Å²) in [5.74, 6) is 0.118. The quantitative estimate of drug-likeness (QED) is 0.272. The molecule has 0 bridgehead atoms. The number of hydrogen-bond donors (Lipinski definition) is 1. The minimum Gasteiger partial charge on any atom is -0.487 e. The molecule has 0 unspecified atom stereocenters. The van der Waals surface area contributed by atoms with E-state index in [9.17, 15) is 10.1 Å². The molecule has 0 aliphatic carbocycles. The molecule has 0 radical (unpaired) electrons. The molecular weight excluding hydrogens is 520 g/mol. The number of nitrogens with one attached hydrogen (secondary N) is 1. The Bertz CT molecular complexity index is 1120. The molecule has 0 spiro atoms. The maximum atomic E-state index is 12.8. The van der Waals surface area contributed by atoms with Crippen LogP contribution in [0.2, 0.25) is 0 Å². The van der Waals surface area contributed by atoms with Gasteiger partial charge in [0, 0.05) is 10.0 Å². The molecule has 0 aliphatic rings. The van der Waals surface area contributed by atoms with Crippen LogP contribution in [-0.4, -0.2) is 5.91 Å². The predicted molar refractivity (Wildman–Crippen MR) is 129 cm³/mol. The van der Waals surface area contributed by atoms with Gasteiger partial charge in [-0.25, -0.2) is 0 Å². The second-order valence-corrected chi connectivity index (χ2v) is 8.63. The molecule has 0 aliphatic heterocycles. The number of carbonyl (C=O) groups excluding carboxylic acids is 1. The van der Waals surface area contributed by atoms with Gasteiger partial charge in [-0.1, -0.05) is 76.6 Å². The number of ether oxygens (including phenoxy) is 1. The lowest BCUT2D eigenvalue weighted by atomic mass is 10.1. The van der Waals surface area contributed by atoms with Crippen LogP contribution in [0.5, 0.6) is 5.75 Å². The van der Waals surface area contributed by atoms with Crippen LogP contribution in [0.4, 0.5) is 0 Å². The number of benzene rings is 3. The fourth-order valence-corrected chi connectivity index (χ4v) is 4.35. The largest absolute Gasteiger partial charge is 0.487 e. The monoisotopic (exact) mass is 538 g/mol. The number of nitrogens with zero attached hydrogens (tertiary/aromatic N) is 1. The molecule has 1 atom stereocenters. The van der Waals surface area contributed by atoms with Crippen molar-refractivity contribution in [1.82, 2.24) is 5.32 Å². The average molecular weight is 540 g/mol. The van der Waals surface area contributed by atoms with Crippen LogP contribution in [0.1, 0.15) is 29.7 Å². The highest BCUT2D eigenvalue weighted by Gasteiger charge is 2.16. The fourth-order valence-electron chi connectivity index (χ4n) is 2.97. The molecule has 0 fully saturated rings. The summed E-state index contributed by atoms with van der Waals surface area (Å²) in [4.78, 5) is 12.8. The van der Waals surface area contributed by atoms with Crippen LogP contribution in [0.15, 0.2) is 87.3 Å². The van der Waals surface area contributed by atoms with Crippen molar-refractivity contribution in [2.45, 2.75) is 19.6 Å². The number of carbonyl (C=O) groups is 1. The van der Waals surface area contributed by atoms with Crippen molar-refractivity contribution in [1.29, 1.82) is 5.26 Å². The number of hydrogen-bond acceptors (Lipinski definition) is 3. The first-order valence-corrected chi connectivity index (χ1v) is 11.2. The third-order valence-corrected chi connectivity index (χ3v) is 5.62. The van der Waals surface area contributed by atoms with Gasteiger partial charge in [0.2, 0.25) is 0 Å². The second-order valence-electron chi connectivity index (χ2n) is 6.86. The molecule has 0 saturated heterocycles. The average Bonchev–Trinajstić information content (AvgIpc) is 2.77. The molecule has 3 rings (SSSR count). The number of nitriles is 1. The molecular formula is C25H20Br2N2O2. The SMILES string of the molecule is C[C@@H](NC(=O)/C(C#N)=C/c1cc(Br)cc(Br)c1OCc1ccccc1)c1ccccc1. The zero-order valence-corrected chi connectivity index (χ0v) is 20.0. The first kappa shape index (κ1) is 22.8.